The summed E-state index contributed by atoms with van der Waals surface area (Å²) in [5.74, 6) is 0.344. The van der Waals surface area contributed by atoms with Crippen molar-refractivity contribution < 1.29 is 23.4 Å². The molecule has 9 nitrogen and oxygen atoms in total. The minimum atomic E-state index is -0.470. The number of fused-ring (bicyclic) bond motifs is 4. The fourth-order valence-electron chi connectivity index (χ4n) is 4.61. The number of aromatic nitrogens is 3. The monoisotopic (exact) mass is 469 g/mol. The Labute approximate surface area is 198 Å². The average molecular weight is 469 g/mol. The summed E-state index contributed by atoms with van der Waals surface area (Å²) < 4.78 is 24.0. The van der Waals surface area contributed by atoms with Crippen LogP contribution in [0.1, 0.15) is 23.5 Å². The molecule has 2 aromatic carbocycles. The maximum absolute atomic E-state index is 13.7. The molecule has 0 unspecified atom stereocenters. The van der Waals surface area contributed by atoms with Crippen molar-refractivity contribution in [3.8, 4) is 28.4 Å². The molecule has 4 heterocycles. The Hall–Kier alpha value is -4.66. The van der Waals surface area contributed by atoms with Crippen molar-refractivity contribution in [1.82, 2.24) is 14.6 Å². The molecule has 0 fully saturated rings. The number of hydrogen-bond donors (Lipinski definition) is 0. The number of nitrogens with zero attached hydrogens (tertiary/aromatic N) is 3. The van der Waals surface area contributed by atoms with Crippen LogP contribution in [-0.2, 0) is 4.79 Å². The molecule has 35 heavy (non-hydrogen) atoms. The van der Waals surface area contributed by atoms with E-state index in [1.54, 1.807) is 66.6 Å². The molecule has 0 bridgehead atoms. The van der Waals surface area contributed by atoms with Gasteiger partial charge in [-0.25, -0.2) is 9.50 Å². The second-order valence-corrected chi connectivity index (χ2v) is 8.12. The van der Waals surface area contributed by atoms with Gasteiger partial charge in [-0.15, -0.1) is 0 Å². The van der Waals surface area contributed by atoms with E-state index >= 15 is 0 Å². The zero-order valence-electron chi connectivity index (χ0n) is 18.8. The van der Waals surface area contributed by atoms with E-state index < -0.39 is 11.9 Å². The van der Waals surface area contributed by atoms with Crippen LogP contribution in [0.4, 0.5) is 0 Å². The highest BCUT2D eigenvalue weighted by atomic mass is 16.5. The third-order valence-corrected chi connectivity index (χ3v) is 6.26. The van der Waals surface area contributed by atoms with Gasteiger partial charge >= 0.3 is 5.97 Å². The van der Waals surface area contributed by atoms with Crippen LogP contribution in [0.3, 0.4) is 0 Å². The second-order valence-electron chi connectivity index (χ2n) is 8.12. The van der Waals surface area contributed by atoms with Crippen LogP contribution < -0.4 is 19.6 Å². The van der Waals surface area contributed by atoms with Crippen LogP contribution in [0.2, 0.25) is 0 Å². The van der Waals surface area contributed by atoms with E-state index in [0.29, 0.717) is 33.7 Å². The second kappa shape index (κ2) is 7.98. The van der Waals surface area contributed by atoms with Crippen molar-refractivity contribution in [2.45, 2.75) is 12.3 Å². The third-order valence-electron chi connectivity index (χ3n) is 6.26. The first-order valence-corrected chi connectivity index (χ1v) is 10.9. The van der Waals surface area contributed by atoms with E-state index in [-0.39, 0.29) is 28.7 Å². The first-order valence-electron chi connectivity index (χ1n) is 10.9. The standard InChI is InChI=1S/C26H19N3O6/c1-32-15-6-4-14(5-7-15)18-13-34-25-22-16(17-12-28-29-9-3-8-27-26(17)29)10-21(30)35-20(22)11-19(33-2)23(25)24(18)31/h3-9,11-13,16H,10H2,1-2H3/t16-/m1/s1. The van der Waals surface area contributed by atoms with Crippen molar-refractivity contribution in [3.63, 3.8) is 0 Å². The molecule has 3 aromatic heterocycles. The minimum absolute atomic E-state index is 0.0519. The van der Waals surface area contributed by atoms with Gasteiger partial charge < -0.3 is 18.6 Å². The summed E-state index contributed by atoms with van der Waals surface area (Å²) in [6.45, 7) is 0. The van der Waals surface area contributed by atoms with Crippen molar-refractivity contribution in [2.24, 2.45) is 0 Å². The molecule has 0 aliphatic carbocycles. The summed E-state index contributed by atoms with van der Waals surface area (Å²) >= 11 is 0. The molecular weight excluding hydrogens is 450 g/mol. The number of carbonyl (C=O) groups is 1. The van der Waals surface area contributed by atoms with Gasteiger partial charge in [0.15, 0.2) is 5.65 Å². The van der Waals surface area contributed by atoms with E-state index in [0.717, 1.165) is 5.56 Å². The zero-order chi connectivity index (χ0) is 24.1. The fraction of sp³-hybridized carbons (Fsp3) is 0.154. The van der Waals surface area contributed by atoms with Crippen LogP contribution in [0.5, 0.6) is 17.2 Å². The molecule has 1 atom stereocenters. The summed E-state index contributed by atoms with van der Waals surface area (Å²) in [6.07, 6.45) is 6.59. The molecule has 0 amide bonds. The van der Waals surface area contributed by atoms with Crippen molar-refractivity contribution >= 4 is 22.6 Å². The maximum Gasteiger partial charge on any atom is 0.312 e. The minimum Gasteiger partial charge on any atom is -0.497 e. The van der Waals surface area contributed by atoms with E-state index in [4.69, 9.17) is 18.6 Å². The maximum atomic E-state index is 13.7. The molecular formula is C26H19N3O6. The van der Waals surface area contributed by atoms with Crippen LogP contribution >= 0.6 is 0 Å². The summed E-state index contributed by atoms with van der Waals surface area (Å²) in [5, 5.41) is 4.64. The van der Waals surface area contributed by atoms with Gasteiger partial charge in [-0.05, 0) is 23.8 Å². The van der Waals surface area contributed by atoms with Gasteiger partial charge in [0, 0.05) is 35.5 Å². The summed E-state index contributed by atoms with van der Waals surface area (Å²) in [4.78, 5) is 30.7. The quantitative estimate of drug-likeness (QED) is 0.288. The van der Waals surface area contributed by atoms with Gasteiger partial charge in [0.25, 0.3) is 0 Å². The molecule has 0 N–H and O–H groups in total. The number of methoxy groups -OCH3 is 2. The van der Waals surface area contributed by atoms with Gasteiger partial charge in [-0.2, -0.15) is 5.10 Å². The summed E-state index contributed by atoms with van der Waals surface area (Å²) in [7, 11) is 3.04. The van der Waals surface area contributed by atoms with Crippen LogP contribution in [0, 0.1) is 0 Å². The molecule has 9 heteroatoms. The number of carbonyl (C=O) groups excluding carboxylic acids is 1. The molecule has 1 aliphatic rings. The zero-order valence-corrected chi connectivity index (χ0v) is 18.8. The summed E-state index contributed by atoms with van der Waals surface area (Å²) in [5.41, 5.74) is 3.02. The normalized spacial score (nSPS) is 15.1. The number of esters is 1. The highest BCUT2D eigenvalue weighted by Crippen LogP contribution is 2.46. The van der Waals surface area contributed by atoms with Gasteiger partial charge in [-0.1, -0.05) is 12.1 Å². The van der Waals surface area contributed by atoms with Crippen LogP contribution in [0.15, 0.2) is 70.5 Å². The first-order chi connectivity index (χ1) is 17.1. The lowest BCUT2D eigenvalue weighted by molar-refractivity contribution is -0.135. The first kappa shape index (κ1) is 20.9. The molecule has 0 saturated carbocycles. The molecule has 5 aromatic rings. The number of ether oxygens (including phenoxy) is 3. The van der Waals surface area contributed by atoms with Crippen molar-refractivity contribution in [3.05, 3.63) is 82.6 Å². The predicted octanol–water partition coefficient (Wildman–Crippen LogP) is 3.96. The topological polar surface area (TPSA) is 105 Å². The highest BCUT2D eigenvalue weighted by molar-refractivity contribution is 5.94. The third kappa shape index (κ3) is 3.23. The Kier molecular flexibility index (Phi) is 4.77. The smallest absolute Gasteiger partial charge is 0.312 e. The van der Waals surface area contributed by atoms with Gasteiger partial charge in [0.2, 0.25) is 5.43 Å². The van der Waals surface area contributed by atoms with E-state index in [9.17, 15) is 9.59 Å². The van der Waals surface area contributed by atoms with Crippen molar-refractivity contribution in [2.75, 3.05) is 14.2 Å². The Morgan fingerprint density at radius 1 is 1.11 bits per heavy atom. The average Bonchev–Trinajstić information content (AvgIpc) is 3.32. The van der Waals surface area contributed by atoms with Crippen LogP contribution in [0.25, 0.3) is 27.7 Å². The Bertz CT molecular complexity index is 1670. The highest BCUT2D eigenvalue weighted by Gasteiger charge is 2.35. The molecule has 6 rings (SSSR count). The van der Waals surface area contributed by atoms with Gasteiger partial charge in [0.1, 0.15) is 34.5 Å². The van der Waals surface area contributed by atoms with E-state index in [1.807, 2.05) is 0 Å². The van der Waals surface area contributed by atoms with Gasteiger partial charge in [0.05, 0.1) is 32.4 Å². The largest absolute Gasteiger partial charge is 0.497 e. The van der Waals surface area contributed by atoms with E-state index in [1.165, 1.54) is 13.4 Å². The lowest BCUT2D eigenvalue weighted by Gasteiger charge is -2.25. The predicted molar refractivity (Wildman–Crippen MR) is 126 cm³/mol. The van der Waals surface area contributed by atoms with Gasteiger partial charge in [-0.3, -0.25) is 9.59 Å². The molecule has 174 valence electrons. The summed E-state index contributed by atoms with van der Waals surface area (Å²) in [6, 6.07) is 10.5. The fourth-order valence-corrected chi connectivity index (χ4v) is 4.61. The Morgan fingerprint density at radius 3 is 2.71 bits per heavy atom. The molecule has 0 saturated heterocycles. The molecule has 0 spiro atoms. The van der Waals surface area contributed by atoms with Crippen molar-refractivity contribution in [1.29, 1.82) is 0 Å². The van der Waals surface area contributed by atoms with Crippen LogP contribution in [-0.4, -0.2) is 34.8 Å². The number of benzene rings is 2. The number of hydrogen-bond acceptors (Lipinski definition) is 8. The van der Waals surface area contributed by atoms with E-state index in [2.05, 4.69) is 10.1 Å². The Morgan fingerprint density at radius 2 is 1.94 bits per heavy atom. The SMILES string of the molecule is COc1ccc(-c2coc3c4c(cc(OC)c3c2=O)OC(=O)C[C@@H]4c2cnn3cccnc23)cc1. The lowest BCUT2D eigenvalue weighted by atomic mass is 9.86. The Balaban J connectivity index is 1.62. The number of rotatable bonds is 4. The molecule has 0 radical (unpaired) electrons. The molecule has 1 aliphatic heterocycles. The lowest BCUT2D eigenvalue weighted by Crippen LogP contribution is -2.22.